The fraction of sp³-hybridized carbons (Fsp3) is 0.469. The summed E-state index contributed by atoms with van der Waals surface area (Å²) >= 11 is 0. The van der Waals surface area contributed by atoms with Crippen molar-refractivity contribution in [1.29, 1.82) is 0 Å². The van der Waals surface area contributed by atoms with Gasteiger partial charge in [-0.05, 0) is 88.1 Å². The van der Waals surface area contributed by atoms with Crippen molar-refractivity contribution >= 4 is 28.6 Å². The Morgan fingerprint density at radius 3 is 2.41 bits per heavy atom. The number of aryl methyl sites for hydroxylation is 1. The molecule has 0 aliphatic heterocycles. The molecule has 2 aromatic carbocycles. The first kappa shape index (κ1) is 28.4. The van der Waals surface area contributed by atoms with Crippen molar-refractivity contribution in [2.75, 3.05) is 0 Å². The molecule has 7 nitrogen and oxygen atoms in total. The summed E-state index contributed by atoms with van der Waals surface area (Å²) in [5.74, 6) is -1.99. The molecule has 0 amide bonds. The van der Waals surface area contributed by atoms with E-state index in [9.17, 15) is 14.4 Å². The molecule has 0 atom stereocenters. The van der Waals surface area contributed by atoms with Crippen LogP contribution in [0.2, 0.25) is 0 Å². The summed E-state index contributed by atoms with van der Waals surface area (Å²) in [5, 5.41) is 9.64. The fourth-order valence-corrected chi connectivity index (χ4v) is 5.37. The van der Waals surface area contributed by atoms with E-state index in [2.05, 4.69) is 34.2 Å². The number of hydrogen-bond acceptors (Lipinski definition) is 6. The Labute approximate surface area is 230 Å². The summed E-state index contributed by atoms with van der Waals surface area (Å²) in [6.07, 6.45) is 10.4. The van der Waals surface area contributed by atoms with Gasteiger partial charge < -0.3 is 9.84 Å². The van der Waals surface area contributed by atoms with Crippen LogP contribution in [0.3, 0.4) is 0 Å². The number of rotatable bonds is 11. The molecule has 206 valence electrons. The highest BCUT2D eigenvalue weighted by atomic mass is 16.6. The first-order valence-electron chi connectivity index (χ1n) is 14.0. The van der Waals surface area contributed by atoms with Gasteiger partial charge in [0.1, 0.15) is 11.9 Å². The largest absolute Gasteiger partial charge is 0.476 e. The van der Waals surface area contributed by atoms with Crippen LogP contribution in [-0.2, 0) is 20.7 Å². The molecule has 0 unspecified atom stereocenters. The van der Waals surface area contributed by atoms with E-state index in [0.717, 1.165) is 66.2 Å². The molecular weight excluding hydrogens is 492 g/mol. The summed E-state index contributed by atoms with van der Waals surface area (Å²) in [4.78, 5) is 44.0. The number of hydrogen-bond donors (Lipinski definition) is 1. The zero-order chi connectivity index (χ0) is 28.0. The van der Waals surface area contributed by atoms with Gasteiger partial charge in [0, 0.05) is 17.4 Å². The van der Waals surface area contributed by atoms with Crippen LogP contribution in [0.4, 0.5) is 0 Å². The number of Topliss-reactive ketones (excluding diaryl/α,β-unsaturated/α-hetero) is 1. The van der Waals surface area contributed by atoms with Gasteiger partial charge in [-0.1, -0.05) is 43.9 Å². The zero-order valence-electron chi connectivity index (χ0n) is 23.2. The summed E-state index contributed by atoms with van der Waals surface area (Å²) in [7, 11) is 0. The lowest BCUT2D eigenvalue weighted by molar-refractivity contribution is -0.149. The van der Waals surface area contributed by atoms with Crippen LogP contribution >= 0.6 is 0 Å². The number of nitrogens with zero attached hydrogens (tertiary/aromatic N) is 2. The molecule has 1 aromatic heterocycles. The monoisotopic (exact) mass is 530 g/mol. The van der Waals surface area contributed by atoms with Crippen LogP contribution in [-0.4, -0.2) is 38.4 Å². The van der Waals surface area contributed by atoms with Gasteiger partial charge >= 0.3 is 11.9 Å². The predicted octanol–water partition coefficient (Wildman–Crippen LogP) is 7.06. The molecule has 39 heavy (non-hydrogen) atoms. The number of carboxylic acids is 1. The quantitative estimate of drug-likeness (QED) is 0.161. The van der Waals surface area contributed by atoms with Crippen molar-refractivity contribution in [3.8, 4) is 11.3 Å². The standard InChI is InChI=1S/C32H38N2O5/c1-32(2,3)39-31(38)24-17-15-23(19-26(24)22-11-8-9-12-22)29-25-16-14-21(18-27(25)33-20-34-29)10-6-4-5-7-13-28(35)30(36)37/h14-20,22H,4-13H2,1-3H3,(H,36,37). The number of esters is 1. The van der Waals surface area contributed by atoms with Crippen molar-refractivity contribution in [2.45, 2.75) is 96.5 Å². The Hall–Kier alpha value is -3.61. The van der Waals surface area contributed by atoms with E-state index in [0.29, 0.717) is 17.9 Å². The third kappa shape index (κ3) is 7.49. The minimum absolute atomic E-state index is 0.103. The lowest BCUT2D eigenvalue weighted by Crippen LogP contribution is -2.24. The van der Waals surface area contributed by atoms with Crippen LogP contribution in [0, 0.1) is 0 Å². The molecule has 0 radical (unpaired) electrons. The van der Waals surface area contributed by atoms with Gasteiger partial charge in [0.15, 0.2) is 0 Å². The second-order valence-electron chi connectivity index (χ2n) is 11.5. The molecule has 0 spiro atoms. The number of carbonyl (C=O) groups excluding carboxylic acids is 2. The third-order valence-corrected chi connectivity index (χ3v) is 7.30. The molecule has 1 fully saturated rings. The smallest absolute Gasteiger partial charge is 0.372 e. The lowest BCUT2D eigenvalue weighted by atomic mass is 9.90. The summed E-state index contributed by atoms with van der Waals surface area (Å²) < 4.78 is 5.72. The highest BCUT2D eigenvalue weighted by molar-refractivity contribution is 6.32. The van der Waals surface area contributed by atoms with E-state index < -0.39 is 17.4 Å². The Balaban J connectivity index is 1.51. The van der Waals surface area contributed by atoms with Gasteiger partial charge in [0.25, 0.3) is 0 Å². The van der Waals surface area contributed by atoms with E-state index in [1.54, 1.807) is 6.33 Å². The van der Waals surface area contributed by atoms with Gasteiger partial charge in [0.2, 0.25) is 5.78 Å². The van der Waals surface area contributed by atoms with Gasteiger partial charge in [-0.15, -0.1) is 0 Å². The average molecular weight is 531 g/mol. The Kier molecular flexibility index (Phi) is 9.10. The van der Waals surface area contributed by atoms with Gasteiger partial charge in [-0.2, -0.15) is 0 Å². The number of benzene rings is 2. The van der Waals surface area contributed by atoms with Crippen LogP contribution < -0.4 is 0 Å². The topological polar surface area (TPSA) is 106 Å². The van der Waals surface area contributed by atoms with Gasteiger partial charge in [-0.3, -0.25) is 4.79 Å². The predicted molar refractivity (Wildman–Crippen MR) is 151 cm³/mol. The van der Waals surface area contributed by atoms with Crippen LogP contribution in [0.25, 0.3) is 22.2 Å². The lowest BCUT2D eigenvalue weighted by Gasteiger charge is -2.22. The summed E-state index contributed by atoms with van der Waals surface area (Å²) in [6.45, 7) is 5.67. The molecule has 4 rings (SSSR count). The molecule has 1 N–H and O–H groups in total. The molecule has 1 saturated carbocycles. The van der Waals surface area contributed by atoms with Crippen LogP contribution in [0.1, 0.15) is 106 Å². The molecule has 0 saturated heterocycles. The summed E-state index contributed by atoms with van der Waals surface area (Å²) in [5.41, 5.74) is 5.03. The molecular formula is C32H38N2O5. The Morgan fingerprint density at radius 1 is 0.949 bits per heavy atom. The molecule has 1 aliphatic rings. The highest BCUT2D eigenvalue weighted by Gasteiger charge is 2.26. The molecule has 7 heteroatoms. The molecule has 1 aliphatic carbocycles. The van der Waals surface area contributed by atoms with Gasteiger partial charge in [-0.25, -0.2) is 19.6 Å². The number of ether oxygens (including phenoxy) is 1. The minimum Gasteiger partial charge on any atom is -0.476 e. The van der Waals surface area contributed by atoms with Crippen molar-refractivity contribution in [3.05, 3.63) is 59.4 Å². The second kappa shape index (κ2) is 12.5. The number of unbranched alkanes of at least 4 members (excludes halogenated alkanes) is 3. The fourth-order valence-electron chi connectivity index (χ4n) is 5.37. The van der Waals surface area contributed by atoms with Crippen molar-refractivity contribution in [1.82, 2.24) is 9.97 Å². The maximum atomic E-state index is 13.1. The average Bonchev–Trinajstić information content (AvgIpc) is 3.43. The number of ketones is 1. The zero-order valence-corrected chi connectivity index (χ0v) is 23.2. The normalized spacial score (nSPS) is 14.0. The van der Waals surface area contributed by atoms with Gasteiger partial charge in [0.05, 0.1) is 16.8 Å². The maximum absolute atomic E-state index is 13.1. The number of carboxylic acid groups (broad SMARTS) is 1. The van der Waals surface area contributed by atoms with E-state index in [4.69, 9.17) is 9.84 Å². The number of fused-ring (bicyclic) bond motifs is 1. The first-order chi connectivity index (χ1) is 18.6. The SMILES string of the molecule is CC(C)(C)OC(=O)c1ccc(-c2ncnc3cc(CCCCCCC(=O)C(=O)O)ccc23)cc1C1CCCC1. The third-order valence-electron chi connectivity index (χ3n) is 7.30. The van der Waals surface area contributed by atoms with E-state index >= 15 is 0 Å². The highest BCUT2D eigenvalue weighted by Crippen LogP contribution is 2.39. The van der Waals surface area contributed by atoms with E-state index in [1.807, 2.05) is 32.9 Å². The number of carbonyl (C=O) groups is 3. The second-order valence-corrected chi connectivity index (χ2v) is 11.5. The Bertz CT molecular complexity index is 1350. The Morgan fingerprint density at radius 2 is 1.69 bits per heavy atom. The molecule has 1 heterocycles. The van der Waals surface area contributed by atoms with Crippen LogP contribution in [0.15, 0.2) is 42.7 Å². The van der Waals surface area contributed by atoms with Crippen molar-refractivity contribution in [2.24, 2.45) is 0 Å². The maximum Gasteiger partial charge on any atom is 0.372 e. The van der Waals surface area contributed by atoms with Crippen LogP contribution in [0.5, 0.6) is 0 Å². The number of aliphatic carboxylic acids is 1. The van der Waals surface area contributed by atoms with E-state index in [-0.39, 0.29) is 12.4 Å². The van der Waals surface area contributed by atoms with Crippen molar-refractivity contribution < 1.29 is 24.2 Å². The van der Waals surface area contributed by atoms with Crippen molar-refractivity contribution in [3.63, 3.8) is 0 Å². The first-order valence-corrected chi connectivity index (χ1v) is 14.0. The summed E-state index contributed by atoms with van der Waals surface area (Å²) in [6, 6.07) is 12.3. The molecule has 0 bridgehead atoms. The minimum atomic E-state index is -1.35. The molecule has 3 aromatic rings. The number of aromatic nitrogens is 2. The van der Waals surface area contributed by atoms with E-state index in [1.165, 1.54) is 18.4 Å².